The Hall–Kier alpha value is -2.63. The van der Waals surface area contributed by atoms with Crippen molar-refractivity contribution in [3.63, 3.8) is 0 Å². The summed E-state index contributed by atoms with van der Waals surface area (Å²) in [7, 11) is 0. The highest BCUT2D eigenvalue weighted by atomic mass is 16.3. The van der Waals surface area contributed by atoms with Gasteiger partial charge < -0.3 is 20.5 Å². The average molecular weight is 378 g/mol. The lowest BCUT2D eigenvalue weighted by atomic mass is 10.0. The van der Waals surface area contributed by atoms with Crippen LogP contribution in [0.15, 0.2) is 47.3 Å². The van der Waals surface area contributed by atoms with Gasteiger partial charge in [0.05, 0.1) is 11.6 Å². The van der Waals surface area contributed by atoms with Gasteiger partial charge in [-0.2, -0.15) is 0 Å². The maximum Gasteiger partial charge on any atom is 0.248 e. The van der Waals surface area contributed by atoms with Gasteiger partial charge in [-0.3, -0.25) is 4.79 Å². The van der Waals surface area contributed by atoms with Gasteiger partial charge in [0, 0.05) is 24.0 Å². The molecule has 1 aliphatic carbocycles. The molecule has 1 aliphatic rings. The number of aryl methyl sites for hydroxylation is 2. The van der Waals surface area contributed by atoms with Crippen molar-refractivity contribution < 1.29 is 10.2 Å². The van der Waals surface area contributed by atoms with Crippen LogP contribution in [0, 0.1) is 0 Å². The first kappa shape index (κ1) is 18.7. The van der Waals surface area contributed by atoms with Gasteiger partial charge in [0.25, 0.3) is 0 Å². The molecule has 28 heavy (non-hydrogen) atoms. The summed E-state index contributed by atoms with van der Waals surface area (Å²) in [5, 5.41) is 24.9. The second-order valence-electron chi connectivity index (χ2n) is 7.58. The highest BCUT2D eigenvalue weighted by Gasteiger charge is 2.23. The summed E-state index contributed by atoms with van der Waals surface area (Å²) >= 11 is 0. The predicted octanol–water partition coefficient (Wildman–Crippen LogP) is 3.50. The second kappa shape index (κ2) is 7.78. The molecule has 146 valence electrons. The first-order chi connectivity index (χ1) is 13.6. The monoisotopic (exact) mass is 378 g/mol. The quantitative estimate of drug-likeness (QED) is 0.529. The molecule has 1 aromatic heterocycles. The number of benzene rings is 2. The fraction of sp³-hybridized carbons (Fsp3) is 0.348. The van der Waals surface area contributed by atoms with Crippen molar-refractivity contribution in [2.45, 2.75) is 44.8 Å². The van der Waals surface area contributed by atoms with E-state index in [9.17, 15) is 15.0 Å². The van der Waals surface area contributed by atoms with Crippen molar-refractivity contribution in [1.82, 2.24) is 10.3 Å². The van der Waals surface area contributed by atoms with E-state index < -0.39 is 6.10 Å². The highest BCUT2D eigenvalue weighted by molar-refractivity contribution is 5.87. The van der Waals surface area contributed by atoms with E-state index in [1.807, 2.05) is 0 Å². The number of hydrogen-bond acceptors (Lipinski definition) is 4. The van der Waals surface area contributed by atoms with E-state index in [2.05, 4.69) is 35.4 Å². The van der Waals surface area contributed by atoms with Crippen molar-refractivity contribution >= 4 is 10.9 Å². The summed E-state index contributed by atoms with van der Waals surface area (Å²) in [6.45, 7) is 2.60. The van der Waals surface area contributed by atoms with Crippen molar-refractivity contribution in [2.24, 2.45) is 0 Å². The molecule has 0 saturated carbocycles. The number of H-pyrrole nitrogens is 1. The molecule has 0 saturated heterocycles. The van der Waals surface area contributed by atoms with Crippen molar-refractivity contribution in [2.75, 3.05) is 6.54 Å². The maximum atomic E-state index is 11.6. The van der Waals surface area contributed by atoms with Crippen LogP contribution in [0.3, 0.4) is 0 Å². The lowest BCUT2D eigenvalue weighted by Gasteiger charge is -2.19. The molecule has 1 heterocycles. The summed E-state index contributed by atoms with van der Waals surface area (Å²) in [5.41, 5.74) is 4.90. The van der Waals surface area contributed by atoms with Crippen LogP contribution in [-0.4, -0.2) is 21.7 Å². The molecule has 1 unspecified atom stereocenters. The van der Waals surface area contributed by atoms with Crippen molar-refractivity contribution in [1.29, 1.82) is 0 Å². The molecule has 5 nitrogen and oxygen atoms in total. The van der Waals surface area contributed by atoms with Crippen molar-refractivity contribution in [3.8, 4) is 5.75 Å². The number of aliphatic hydroxyl groups is 1. The van der Waals surface area contributed by atoms with Gasteiger partial charge in [0.15, 0.2) is 0 Å². The molecular formula is C23H26N2O3. The number of phenols is 1. The molecule has 5 heteroatoms. The van der Waals surface area contributed by atoms with E-state index in [1.54, 1.807) is 12.1 Å². The third-order valence-electron chi connectivity index (χ3n) is 5.65. The molecule has 0 fully saturated rings. The number of aromatic amines is 1. The normalized spacial score (nSPS) is 17.0. The molecule has 0 radical (unpaired) electrons. The molecule has 0 aliphatic heterocycles. The van der Waals surface area contributed by atoms with E-state index in [4.69, 9.17) is 0 Å². The fourth-order valence-electron chi connectivity index (χ4n) is 4.24. The average Bonchev–Trinajstić information content (AvgIpc) is 3.09. The van der Waals surface area contributed by atoms with Crippen LogP contribution >= 0.6 is 0 Å². The number of hydrogen-bond donors (Lipinski definition) is 4. The van der Waals surface area contributed by atoms with Crippen LogP contribution in [0.2, 0.25) is 0 Å². The Morgan fingerprint density at radius 3 is 2.89 bits per heavy atom. The van der Waals surface area contributed by atoms with E-state index in [0.29, 0.717) is 23.0 Å². The number of aliphatic hydroxyl groups excluding tert-OH is 1. The zero-order valence-electron chi connectivity index (χ0n) is 16.0. The number of aromatic hydroxyl groups is 1. The number of aromatic nitrogens is 1. The van der Waals surface area contributed by atoms with Gasteiger partial charge in [0.1, 0.15) is 5.75 Å². The number of rotatable bonds is 6. The first-order valence-corrected chi connectivity index (χ1v) is 9.95. The summed E-state index contributed by atoms with van der Waals surface area (Å²) < 4.78 is 0. The Balaban J connectivity index is 1.51. The van der Waals surface area contributed by atoms with Crippen molar-refractivity contribution in [3.05, 3.63) is 75.1 Å². The Morgan fingerprint density at radius 2 is 2.07 bits per heavy atom. The Kier molecular flexibility index (Phi) is 5.20. The van der Waals surface area contributed by atoms with E-state index in [-0.39, 0.29) is 17.4 Å². The van der Waals surface area contributed by atoms with Crippen LogP contribution in [0.4, 0.5) is 0 Å². The van der Waals surface area contributed by atoms with Crippen LogP contribution in [-0.2, 0) is 12.8 Å². The number of pyridine rings is 1. The lowest BCUT2D eigenvalue weighted by molar-refractivity contribution is 0.171. The van der Waals surface area contributed by atoms with Gasteiger partial charge in [0.2, 0.25) is 5.56 Å². The standard InChI is InChI=1S/C23H26N2O3/c1-2-3-14-4-6-16-15(12-14)5-9-19(16)24-13-21(27)17-7-10-20(26)23-18(17)8-11-22(28)25-23/h4,6-8,10-12,19,21,24,26-27H,2-3,5,9,13H2,1H3,(H,25,28)/t19?,21-/m0/s1. The van der Waals surface area contributed by atoms with Crippen LogP contribution < -0.4 is 10.9 Å². The van der Waals surface area contributed by atoms with Crippen LogP contribution in [0.5, 0.6) is 5.75 Å². The van der Waals surface area contributed by atoms with Gasteiger partial charge in [-0.1, -0.05) is 37.6 Å². The lowest BCUT2D eigenvalue weighted by Crippen LogP contribution is -2.25. The zero-order chi connectivity index (χ0) is 19.7. The molecule has 3 aromatic rings. The second-order valence-corrected chi connectivity index (χ2v) is 7.58. The molecule has 0 amide bonds. The number of nitrogens with one attached hydrogen (secondary N) is 2. The fourth-order valence-corrected chi connectivity index (χ4v) is 4.24. The Labute approximate surface area is 164 Å². The molecule has 0 spiro atoms. The minimum atomic E-state index is -0.739. The smallest absolute Gasteiger partial charge is 0.248 e. The van der Waals surface area contributed by atoms with E-state index in [0.717, 1.165) is 25.7 Å². The summed E-state index contributed by atoms with van der Waals surface area (Å²) in [4.78, 5) is 14.2. The third-order valence-corrected chi connectivity index (χ3v) is 5.65. The molecular weight excluding hydrogens is 352 g/mol. The van der Waals surface area contributed by atoms with Gasteiger partial charge in [-0.25, -0.2) is 0 Å². The van der Waals surface area contributed by atoms with E-state index in [1.165, 1.54) is 28.8 Å². The van der Waals surface area contributed by atoms with Gasteiger partial charge in [-0.15, -0.1) is 0 Å². The molecule has 4 rings (SSSR count). The molecule has 2 atom stereocenters. The minimum absolute atomic E-state index is 0.00390. The van der Waals surface area contributed by atoms with E-state index >= 15 is 0 Å². The number of phenolic OH excluding ortho intramolecular Hbond substituents is 1. The van der Waals surface area contributed by atoms with Gasteiger partial charge in [-0.05, 0) is 53.6 Å². The minimum Gasteiger partial charge on any atom is -0.506 e. The third kappa shape index (κ3) is 3.55. The Morgan fingerprint density at radius 1 is 1.21 bits per heavy atom. The number of fused-ring (bicyclic) bond motifs is 2. The predicted molar refractivity (Wildman–Crippen MR) is 111 cm³/mol. The molecule has 2 aromatic carbocycles. The van der Waals surface area contributed by atoms with Gasteiger partial charge >= 0.3 is 0 Å². The Bertz CT molecular complexity index is 1060. The largest absolute Gasteiger partial charge is 0.506 e. The SMILES string of the molecule is CCCc1ccc2c(c1)CCC2NC[C@H](O)c1ccc(O)c2[nH]c(=O)ccc12. The van der Waals surface area contributed by atoms with Crippen LogP contribution in [0.1, 0.15) is 54.2 Å². The maximum absolute atomic E-state index is 11.6. The highest BCUT2D eigenvalue weighted by Crippen LogP contribution is 2.33. The zero-order valence-corrected chi connectivity index (χ0v) is 16.0. The topological polar surface area (TPSA) is 85.3 Å². The molecule has 0 bridgehead atoms. The summed E-state index contributed by atoms with van der Waals surface area (Å²) in [6, 6.07) is 13.3. The van der Waals surface area contributed by atoms with Crippen LogP contribution in [0.25, 0.3) is 10.9 Å². The summed E-state index contributed by atoms with van der Waals surface area (Å²) in [5.74, 6) is 0.00390. The summed E-state index contributed by atoms with van der Waals surface area (Å²) in [6.07, 6.45) is 3.61. The first-order valence-electron chi connectivity index (χ1n) is 9.95. The molecule has 4 N–H and O–H groups in total.